The molecule has 1 amide bonds. The van der Waals surface area contributed by atoms with Crippen molar-refractivity contribution in [2.75, 3.05) is 36.7 Å². The first kappa shape index (κ1) is 32.4. The Morgan fingerprint density at radius 1 is 0.864 bits per heavy atom. The van der Waals surface area contributed by atoms with E-state index in [1.807, 2.05) is 92.9 Å². The molecule has 4 aromatic carbocycles. The number of amides is 1. The molecule has 228 valence electrons. The van der Waals surface area contributed by atoms with Crippen LogP contribution in [0.4, 0.5) is 11.4 Å². The van der Waals surface area contributed by atoms with Gasteiger partial charge in [-0.1, -0.05) is 74.5 Å². The van der Waals surface area contributed by atoms with Crippen LogP contribution in [0.2, 0.25) is 0 Å². The molecular formula is C36H38N2O5S. The first-order chi connectivity index (χ1) is 21.3. The number of para-hydroxylation sites is 1. The number of thioether (sulfide) groups is 1. The fourth-order valence-electron chi connectivity index (χ4n) is 4.74. The van der Waals surface area contributed by atoms with Crippen LogP contribution >= 0.6 is 11.8 Å². The molecule has 0 aliphatic heterocycles. The van der Waals surface area contributed by atoms with Gasteiger partial charge in [-0.3, -0.25) is 9.59 Å². The minimum absolute atomic E-state index is 0.0376. The second kappa shape index (κ2) is 15.8. The van der Waals surface area contributed by atoms with Gasteiger partial charge in [-0.05, 0) is 54.3 Å². The smallest absolute Gasteiger partial charge is 0.328 e. The van der Waals surface area contributed by atoms with E-state index in [1.165, 1.54) is 7.11 Å². The van der Waals surface area contributed by atoms with Gasteiger partial charge >= 0.3 is 5.97 Å². The molecule has 0 aliphatic rings. The monoisotopic (exact) mass is 610 g/mol. The molecule has 0 fully saturated rings. The molecule has 1 unspecified atom stereocenters. The number of nitrogens with zero attached hydrogens (tertiary/aromatic N) is 1. The van der Waals surface area contributed by atoms with Gasteiger partial charge in [0.25, 0.3) is 0 Å². The van der Waals surface area contributed by atoms with Crippen LogP contribution in [0.25, 0.3) is 0 Å². The molecule has 4 aromatic rings. The molecule has 0 radical (unpaired) electrons. The van der Waals surface area contributed by atoms with E-state index in [-0.39, 0.29) is 17.6 Å². The topological polar surface area (TPSA) is 84.9 Å². The zero-order valence-electron chi connectivity index (χ0n) is 25.5. The lowest BCUT2D eigenvalue weighted by molar-refractivity contribution is -0.141. The Labute approximate surface area is 263 Å². The fraction of sp³-hybridized carbons (Fsp3) is 0.250. The number of methoxy groups -OCH3 is 1. The van der Waals surface area contributed by atoms with Crippen molar-refractivity contribution in [2.24, 2.45) is 5.92 Å². The number of hydrogen-bond acceptors (Lipinski definition) is 7. The zero-order valence-corrected chi connectivity index (χ0v) is 26.3. The average Bonchev–Trinajstić information content (AvgIpc) is 3.06. The Balaban J connectivity index is 1.42. The van der Waals surface area contributed by atoms with Gasteiger partial charge < -0.3 is 19.7 Å². The van der Waals surface area contributed by atoms with Crippen molar-refractivity contribution in [1.29, 1.82) is 0 Å². The Kier molecular flexibility index (Phi) is 11.6. The fourth-order valence-corrected chi connectivity index (χ4v) is 5.20. The summed E-state index contributed by atoms with van der Waals surface area (Å²) in [5, 5.41) is 3.24. The molecule has 0 saturated carbocycles. The lowest BCUT2D eigenvalue weighted by Crippen LogP contribution is -2.37. The standard InChI is InChI=1S/C36H38N2O5S/c1-25(2)35(40)38(28-13-10-14-30(24-28)44-4)21-22-43-29-19-17-26(18-20-29)23-33(36(41)42-3)37-32-16-9-8-15-31(32)34(39)27-11-6-5-7-12-27/h5-20,24-25,33,37H,21-23H2,1-4H3. The molecule has 1 N–H and O–H groups in total. The van der Waals surface area contributed by atoms with Gasteiger partial charge in [-0.15, -0.1) is 11.8 Å². The molecule has 0 spiro atoms. The summed E-state index contributed by atoms with van der Waals surface area (Å²) in [6.45, 7) is 4.51. The van der Waals surface area contributed by atoms with Crippen LogP contribution in [0.1, 0.15) is 35.3 Å². The van der Waals surface area contributed by atoms with Crippen molar-refractivity contribution in [3.63, 3.8) is 0 Å². The molecule has 0 heterocycles. The van der Waals surface area contributed by atoms with Gasteiger partial charge in [-0.2, -0.15) is 0 Å². The lowest BCUT2D eigenvalue weighted by Gasteiger charge is -2.25. The van der Waals surface area contributed by atoms with Gasteiger partial charge in [0.05, 0.1) is 13.7 Å². The maximum absolute atomic E-state index is 13.2. The number of hydrogen-bond donors (Lipinski definition) is 1. The minimum Gasteiger partial charge on any atom is -0.492 e. The number of rotatable bonds is 14. The highest BCUT2D eigenvalue weighted by atomic mass is 32.2. The van der Waals surface area contributed by atoms with Crippen LogP contribution in [0.3, 0.4) is 0 Å². The highest BCUT2D eigenvalue weighted by Crippen LogP contribution is 2.25. The minimum atomic E-state index is -0.718. The number of anilines is 2. The van der Waals surface area contributed by atoms with E-state index in [9.17, 15) is 14.4 Å². The second-order valence-electron chi connectivity index (χ2n) is 10.5. The van der Waals surface area contributed by atoms with Crippen LogP contribution in [0.15, 0.2) is 108 Å². The van der Waals surface area contributed by atoms with E-state index in [0.717, 1.165) is 16.1 Å². The SMILES string of the molecule is COC(=O)C(Cc1ccc(OCCN(C(=O)C(C)C)c2cccc(SC)c2)cc1)Nc1ccccc1C(=O)c1ccccc1. The molecule has 0 aliphatic carbocycles. The molecule has 0 saturated heterocycles. The number of nitrogens with one attached hydrogen (secondary N) is 1. The molecular weight excluding hydrogens is 572 g/mol. The first-order valence-corrected chi connectivity index (χ1v) is 15.7. The van der Waals surface area contributed by atoms with Crippen LogP contribution in [0, 0.1) is 5.92 Å². The van der Waals surface area contributed by atoms with Crippen molar-refractivity contribution in [2.45, 2.75) is 31.2 Å². The van der Waals surface area contributed by atoms with E-state index in [4.69, 9.17) is 9.47 Å². The van der Waals surface area contributed by atoms with Crippen LogP contribution in [0.5, 0.6) is 5.75 Å². The summed E-state index contributed by atoms with van der Waals surface area (Å²) in [5.74, 6) is -0.0234. The molecule has 8 heteroatoms. The average molecular weight is 611 g/mol. The predicted octanol–water partition coefficient (Wildman–Crippen LogP) is 6.90. The van der Waals surface area contributed by atoms with Gasteiger partial charge in [0.2, 0.25) is 5.91 Å². The van der Waals surface area contributed by atoms with Crippen molar-refractivity contribution in [1.82, 2.24) is 0 Å². The number of esters is 1. The quantitative estimate of drug-likeness (QED) is 0.0944. The third kappa shape index (κ3) is 8.51. The van der Waals surface area contributed by atoms with E-state index < -0.39 is 12.0 Å². The summed E-state index contributed by atoms with van der Waals surface area (Å²) in [4.78, 5) is 41.8. The highest BCUT2D eigenvalue weighted by molar-refractivity contribution is 7.98. The molecule has 44 heavy (non-hydrogen) atoms. The van der Waals surface area contributed by atoms with E-state index in [2.05, 4.69) is 5.32 Å². The van der Waals surface area contributed by atoms with Crippen molar-refractivity contribution in [3.8, 4) is 5.75 Å². The number of ether oxygens (including phenoxy) is 2. The number of benzene rings is 4. The maximum atomic E-state index is 13.2. The summed E-state index contributed by atoms with van der Waals surface area (Å²) in [7, 11) is 1.35. The molecule has 7 nitrogen and oxygen atoms in total. The van der Waals surface area contributed by atoms with Crippen LogP contribution in [-0.4, -0.2) is 50.2 Å². The van der Waals surface area contributed by atoms with Gasteiger partial charge in [-0.25, -0.2) is 4.79 Å². The second-order valence-corrected chi connectivity index (χ2v) is 11.4. The van der Waals surface area contributed by atoms with E-state index >= 15 is 0 Å². The Bertz CT molecular complexity index is 1560. The molecule has 1 atom stereocenters. The Hall–Kier alpha value is -4.56. The normalized spacial score (nSPS) is 11.5. The summed E-state index contributed by atoms with van der Waals surface area (Å²) in [6, 6.07) is 30.9. The van der Waals surface area contributed by atoms with Gasteiger partial charge in [0.1, 0.15) is 18.4 Å². The number of ketones is 1. The number of carbonyl (C=O) groups is 3. The lowest BCUT2D eigenvalue weighted by atomic mass is 10.00. The summed E-state index contributed by atoms with van der Waals surface area (Å²) in [5.41, 5.74) is 3.33. The Morgan fingerprint density at radius 2 is 1.57 bits per heavy atom. The summed E-state index contributed by atoms with van der Waals surface area (Å²) < 4.78 is 11.1. The zero-order chi connectivity index (χ0) is 31.5. The number of carbonyl (C=O) groups excluding carboxylic acids is 3. The van der Waals surface area contributed by atoms with Crippen molar-refractivity contribution in [3.05, 3.63) is 120 Å². The third-order valence-electron chi connectivity index (χ3n) is 7.09. The molecule has 4 rings (SSSR count). The summed E-state index contributed by atoms with van der Waals surface area (Å²) in [6.07, 6.45) is 2.35. The van der Waals surface area contributed by atoms with Gasteiger partial charge in [0, 0.05) is 39.7 Å². The van der Waals surface area contributed by atoms with Crippen LogP contribution in [-0.2, 0) is 20.7 Å². The first-order valence-electron chi connectivity index (χ1n) is 14.5. The van der Waals surface area contributed by atoms with Crippen LogP contribution < -0.4 is 15.0 Å². The van der Waals surface area contributed by atoms with Crippen molar-refractivity contribution < 1.29 is 23.9 Å². The molecule has 0 bridgehead atoms. The highest BCUT2D eigenvalue weighted by Gasteiger charge is 2.23. The maximum Gasteiger partial charge on any atom is 0.328 e. The Morgan fingerprint density at radius 3 is 2.25 bits per heavy atom. The summed E-state index contributed by atoms with van der Waals surface area (Å²) >= 11 is 1.63. The van der Waals surface area contributed by atoms with Crippen molar-refractivity contribution >= 4 is 40.8 Å². The van der Waals surface area contributed by atoms with Gasteiger partial charge in [0.15, 0.2) is 5.78 Å². The van der Waals surface area contributed by atoms with E-state index in [0.29, 0.717) is 42.1 Å². The van der Waals surface area contributed by atoms with E-state index in [1.54, 1.807) is 47.0 Å². The predicted molar refractivity (Wildman–Crippen MR) is 177 cm³/mol. The largest absolute Gasteiger partial charge is 0.492 e. The molecule has 0 aromatic heterocycles. The third-order valence-corrected chi connectivity index (χ3v) is 7.82.